The van der Waals surface area contributed by atoms with E-state index in [1.54, 1.807) is 0 Å². The third-order valence-corrected chi connectivity index (χ3v) is 4.53. The molecule has 2 rings (SSSR count). The van der Waals surface area contributed by atoms with Crippen molar-refractivity contribution < 1.29 is 19.1 Å². The van der Waals surface area contributed by atoms with E-state index in [-0.39, 0.29) is 18.9 Å². The van der Waals surface area contributed by atoms with Crippen molar-refractivity contribution in [1.29, 1.82) is 0 Å². The monoisotopic (exact) mass is 419 g/mol. The quantitative estimate of drug-likeness (QED) is 0.691. The minimum Gasteiger partial charge on any atom is -0.484 e. The second-order valence-corrected chi connectivity index (χ2v) is 6.91. The van der Waals surface area contributed by atoms with Crippen LogP contribution in [0.25, 0.3) is 0 Å². The van der Waals surface area contributed by atoms with Crippen molar-refractivity contribution >= 4 is 27.8 Å². The number of hydrogen-bond acceptors (Lipinski definition) is 4. The molecule has 2 aromatic rings. The van der Waals surface area contributed by atoms with Gasteiger partial charge in [-0.15, -0.1) is 0 Å². The van der Waals surface area contributed by atoms with Gasteiger partial charge in [0.15, 0.2) is 6.61 Å². The number of carbonyl (C=O) groups excluding carboxylic acids is 2. The molecular weight excluding hydrogens is 398 g/mol. The summed E-state index contributed by atoms with van der Waals surface area (Å²) < 4.78 is 11.2. The molecule has 2 aromatic carbocycles. The van der Waals surface area contributed by atoms with Crippen LogP contribution in [-0.4, -0.2) is 25.6 Å². The zero-order valence-electron chi connectivity index (χ0n) is 15.0. The summed E-state index contributed by atoms with van der Waals surface area (Å²) in [7, 11) is 1.32. The molecule has 138 valence electrons. The molecule has 6 heteroatoms. The topological polar surface area (TPSA) is 64.6 Å². The molecule has 0 fully saturated rings. The van der Waals surface area contributed by atoms with Gasteiger partial charge in [0.1, 0.15) is 5.75 Å². The molecule has 0 radical (unpaired) electrons. The Hall–Kier alpha value is -2.34. The average Bonchev–Trinajstić information content (AvgIpc) is 2.62. The first-order valence-corrected chi connectivity index (χ1v) is 9.00. The van der Waals surface area contributed by atoms with E-state index in [1.165, 1.54) is 7.11 Å². The molecule has 0 heterocycles. The van der Waals surface area contributed by atoms with E-state index in [0.29, 0.717) is 5.75 Å². The van der Waals surface area contributed by atoms with Crippen LogP contribution in [0.15, 0.2) is 46.9 Å². The fourth-order valence-electron chi connectivity index (χ4n) is 2.41. The van der Waals surface area contributed by atoms with Gasteiger partial charge in [-0.2, -0.15) is 0 Å². The predicted octanol–water partition coefficient (Wildman–Crippen LogP) is 3.87. The summed E-state index contributed by atoms with van der Waals surface area (Å²) in [5.74, 6) is -0.0716. The van der Waals surface area contributed by atoms with E-state index in [9.17, 15) is 9.59 Å². The van der Waals surface area contributed by atoms with E-state index in [2.05, 4.69) is 21.2 Å². The smallest absolute Gasteiger partial charge is 0.307 e. The maximum absolute atomic E-state index is 12.3. The van der Waals surface area contributed by atoms with Crippen LogP contribution in [0.4, 0.5) is 0 Å². The Balaban J connectivity index is 2.03. The number of rotatable bonds is 7. The number of esters is 1. The SMILES string of the molecule is COC(=O)CC(NC(=O)COc1ccc(C)c(C)c1)c1cccc(Br)c1. The standard InChI is InChI=1S/C20H22BrNO4/c1-13-7-8-17(9-14(13)2)26-12-19(23)22-18(11-20(24)25-3)15-5-4-6-16(21)10-15/h4-10,18H,11-12H2,1-3H3,(H,22,23). The highest BCUT2D eigenvalue weighted by Gasteiger charge is 2.19. The van der Waals surface area contributed by atoms with Gasteiger partial charge in [-0.05, 0) is 54.8 Å². The first-order valence-electron chi connectivity index (χ1n) is 8.20. The van der Waals surface area contributed by atoms with Crippen LogP contribution in [0.3, 0.4) is 0 Å². The highest BCUT2D eigenvalue weighted by atomic mass is 79.9. The van der Waals surface area contributed by atoms with Crippen molar-refractivity contribution in [1.82, 2.24) is 5.32 Å². The number of benzene rings is 2. The van der Waals surface area contributed by atoms with Crippen molar-refractivity contribution in [2.24, 2.45) is 0 Å². The maximum atomic E-state index is 12.3. The summed E-state index contributed by atoms with van der Waals surface area (Å²) in [6, 6.07) is 12.6. The first kappa shape index (κ1) is 20.0. The summed E-state index contributed by atoms with van der Waals surface area (Å²) in [6.07, 6.45) is 0.0440. The van der Waals surface area contributed by atoms with Gasteiger partial charge in [0.2, 0.25) is 0 Å². The second-order valence-electron chi connectivity index (χ2n) is 5.99. The van der Waals surface area contributed by atoms with Crippen molar-refractivity contribution in [3.8, 4) is 5.75 Å². The normalized spacial score (nSPS) is 11.5. The summed E-state index contributed by atoms with van der Waals surface area (Å²) in [6.45, 7) is 3.87. The third-order valence-electron chi connectivity index (χ3n) is 4.03. The zero-order chi connectivity index (χ0) is 19.1. The molecule has 1 atom stereocenters. The number of carbonyl (C=O) groups is 2. The number of hydrogen-bond donors (Lipinski definition) is 1. The van der Waals surface area contributed by atoms with Crippen molar-refractivity contribution in [3.05, 3.63) is 63.6 Å². The maximum Gasteiger partial charge on any atom is 0.307 e. The fourth-order valence-corrected chi connectivity index (χ4v) is 2.83. The molecule has 5 nitrogen and oxygen atoms in total. The lowest BCUT2D eigenvalue weighted by Crippen LogP contribution is -2.34. The molecule has 26 heavy (non-hydrogen) atoms. The second kappa shape index (κ2) is 9.38. The van der Waals surface area contributed by atoms with Crippen LogP contribution in [0.1, 0.15) is 29.2 Å². The van der Waals surface area contributed by atoms with Crippen LogP contribution >= 0.6 is 15.9 Å². The van der Waals surface area contributed by atoms with Crippen LogP contribution in [-0.2, 0) is 14.3 Å². The van der Waals surface area contributed by atoms with Crippen molar-refractivity contribution in [2.75, 3.05) is 13.7 Å². The number of amides is 1. The lowest BCUT2D eigenvalue weighted by Gasteiger charge is -2.19. The largest absolute Gasteiger partial charge is 0.484 e. The molecule has 1 unspecified atom stereocenters. The van der Waals surface area contributed by atoms with Gasteiger partial charge in [0.25, 0.3) is 5.91 Å². The minimum atomic E-state index is -0.490. The fraction of sp³-hybridized carbons (Fsp3) is 0.300. The van der Waals surface area contributed by atoms with Gasteiger partial charge < -0.3 is 14.8 Å². The van der Waals surface area contributed by atoms with Gasteiger partial charge in [0, 0.05) is 4.47 Å². The molecule has 1 amide bonds. The van der Waals surface area contributed by atoms with Crippen LogP contribution in [0.2, 0.25) is 0 Å². The number of methoxy groups -OCH3 is 1. The van der Waals surface area contributed by atoms with E-state index in [4.69, 9.17) is 9.47 Å². The zero-order valence-corrected chi connectivity index (χ0v) is 16.6. The molecule has 0 bridgehead atoms. The van der Waals surface area contributed by atoms with Gasteiger partial charge in [0.05, 0.1) is 19.6 Å². The molecule has 0 aliphatic carbocycles. The Morgan fingerprint density at radius 1 is 1.12 bits per heavy atom. The molecule has 0 saturated heterocycles. The highest BCUT2D eigenvalue weighted by molar-refractivity contribution is 9.10. The molecule has 0 aliphatic rings. The molecule has 0 aromatic heterocycles. The molecule has 0 saturated carbocycles. The summed E-state index contributed by atoms with van der Waals surface area (Å²) in [5.41, 5.74) is 3.07. The van der Waals surface area contributed by atoms with Crippen LogP contribution in [0.5, 0.6) is 5.75 Å². The summed E-state index contributed by atoms with van der Waals surface area (Å²) in [4.78, 5) is 24.0. The molecule has 0 spiro atoms. The minimum absolute atomic E-state index is 0.0440. The Bertz CT molecular complexity index is 791. The predicted molar refractivity (Wildman–Crippen MR) is 103 cm³/mol. The van der Waals surface area contributed by atoms with Gasteiger partial charge >= 0.3 is 5.97 Å². The van der Waals surface area contributed by atoms with Gasteiger partial charge in [-0.1, -0.05) is 34.1 Å². The number of ether oxygens (including phenoxy) is 2. The Morgan fingerprint density at radius 3 is 2.54 bits per heavy atom. The summed E-state index contributed by atoms with van der Waals surface area (Å²) in [5, 5.41) is 2.84. The Morgan fingerprint density at radius 2 is 1.88 bits per heavy atom. The summed E-state index contributed by atoms with van der Waals surface area (Å²) >= 11 is 3.40. The molecule has 0 aliphatic heterocycles. The Kier molecular flexibility index (Phi) is 7.21. The number of aryl methyl sites for hydroxylation is 2. The van der Waals surface area contributed by atoms with Crippen LogP contribution < -0.4 is 10.1 Å². The first-order chi connectivity index (χ1) is 12.4. The lowest BCUT2D eigenvalue weighted by atomic mass is 10.0. The van der Waals surface area contributed by atoms with Gasteiger partial charge in [-0.3, -0.25) is 9.59 Å². The molecular formula is C20H22BrNO4. The highest BCUT2D eigenvalue weighted by Crippen LogP contribution is 2.22. The average molecular weight is 420 g/mol. The van der Waals surface area contributed by atoms with Gasteiger partial charge in [-0.25, -0.2) is 0 Å². The van der Waals surface area contributed by atoms with E-state index < -0.39 is 12.0 Å². The molecule has 1 N–H and O–H groups in total. The third kappa shape index (κ3) is 5.88. The number of nitrogens with one attached hydrogen (secondary N) is 1. The van der Waals surface area contributed by atoms with E-state index >= 15 is 0 Å². The van der Waals surface area contributed by atoms with Crippen molar-refractivity contribution in [3.63, 3.8) is 0 Å². The van der Waals surface area contributed by atoms with E-state index in [0.717, 1.165) is 21.2 Å². The van der Waals surface area contributed by atoms with E-state index in [1.807, 2.05) is 56.3 Å². The number of halogens is 1. The van der Waals surface area contributed by atoms with Crippen molar-refractivity contribution in [2.45, 2.75) is 26.3 Å². The lowest BCUT2D eigenvalue weighted by molar-refractivity contribution is -0.141. The van der Waals surface area contributed by atoms with Crippen LogP contribution in [0, 0.1) is 13.8 Å². The Labute approximate surface area is 161 Å².